The molecule has 1 saturated heterocycles. The van der Waals surface area contributed by atoms with Crippen molar-refractivity contribution in [2.24, 2.45) is 5.92 Å². The van der Waals surface area contributed by atoms with E-state index in [1.54, 1.807) is 14.0 Å². The summed E-state index contributed by atoms with van der Waals surface area (Å²) in [5.41, 5.74) is 3.10. The van der Waals surface area contributed by atoms with Crippen LogP contribution in [0.4, 0.5) is 5.82 Å². The van der Waals surface area contributed by atoms with Crippen LogP contribution in [0.25, 0.3) is 11.0 Å². The lowest BCUT2D eigenvalue weighted by Gasteiger charge is -2.34. The predicted octanol–water partition coefficient (Wildman–Crippen LogP) is 4.27. The molecule has 2 atom stereocenters. The molecule has 1 aliphatic rings. The number of piperidine rings is 1. The number of nitrogens with zero attached hydrogens (tertiary/aromatic N) is 4. The van der Waals surface area contributed by atoms with Crippen LogP contribution in [0.15, 0.2) is 54.6 Å². The molecule has 0 spiro atoms. The fourth-order valence-corrected chi connectivity index (χ4v) is 4.49. The van der Waals surface area contributed by atoms with Crippen molar-refractivity contribution < 1.29 is 14.3 Å². The molecule has 0 bridgehead atoms. The van der Waals surface area contributed by atoms with Crippen LogP contribution >= 0.6 is 0 Å². The topological polar surface area (TPSA) is 88.3 Å². The number of anilines is 1. The Kier molecular flexibility index (Phi) is 7.71. The maximum Gasteiger partial charge on any atom is 0.330 e. The van der Waals surface area contributed by atoms with Crippen LogP contribution in [0.3, 0.4) is 0 Å². The molecule has 34 heavy (non-hydrogen) atoms. The molecule has 4 rings (SSSR count). The Bertz CT molecular complexity index is 1150. The van der Waals surface area contributed by atoms with E-state index in [0.29, 0.717) is 22.9 Å². The first kappa shape index (κ1) is 23.7. The van der Waals surface area contributed by atoms with Crippen LogP contribution in [0, 0.1) is 17.2 Å². The van der Waals surface area contributed by atoms with Gasteiger partial charge in [0.15, 0.2) is 11.7 Å². The van der Waals surface area contributed by atoms with Gasteiger partial charge in [-0.1, -0.05) is 42.5 Å². The van der Waals surface area contributed by atoms with Crippen molar-refractivity contribution in [2.45, 2.75) is 38.2 Å². The number of aromatic nitrogens is 2. The molecule has 1 aromatic heterocycles. The first-order valence-electron chi connectivity index (χ1n) is 11.7. The first-order chi connectivity index (χ1) is 16.6. The lowest BCUT2D eigenvalue weighted by Crippen LogP contribution is -2.36. The highest BCUT2D eigenvalue weighted by Crippen LogP contribution is 2.32. The summed E-state index contributed by atoms with van der Waals surface area (Å²) in [7, 11) is 1.54. The summed E-state index contributed by atoms with van der Waals surface area (Å²) in [5, 5.41) is 9.93. The van der Waals surface area contributed by atoms with E-state index in [4.69, 9.17) is 19.4 Å². The van der Waals surface area contributed by atoms with E-state index in [-0.39, 0.29) is 6.61 Å². The van der Waals surface area contributed by atoms with Crippen LogP contribution in [-0.2, 0) is 20.7 Å². The molecular weight excluding hydrogens is 428 g/mol. The molecule has 2 heterocycles. The smallest absolute Gasteiger partial charge is 0.330 e. The summed E-state index contributed by atoms with van der Waals surface area (Å²) in [6.45, 7) is 3.59. The van der Waals surface area contributed by atoms with Gasteiger partial charge >= 0.3 is 5.97 Å². The molecule has 2 aromatic carbocycles. The molecule has 1 aliphatic heterocycles. The number of nitriles is 1. The number of hydrogen-bond acceptors (Lipinski definition) is 7. The van der Waals surface area contributed by atoms with E-state index in [0.717, 1.165) is 37.9 Å². The normalized spacial score (nSPS) is 16.1. The Morgan fingerprint density at radius 3 is 2.38 bits per heavy atom. The molecule has 7 heteroatoms. The molecule has 0 aliphatic carbocycles. The second-order valence-electron chi connectivity index (χ2n) is 8.81. The highest BCUT2D eigenvalue weighted by atomic mass is 16.6. The molecule has 0 N–H and O–H groups in total. The highest BCUT2D eigenvalue weighted by molar-refractivity contribution is 5.85. The Morgan fingerprint density at radius 1 is 1.09 bits per heavy atom. The number of esters is 1. The van der Waals surface area contributed by atoms with Crippen LogP contribution in [0.5, 0.6) is 0 Å². The quantitative estimate of drug-likeness (QED) is 0.466. The van der Waals surface area contributed by atoms with E-state index >= 15 is 0 Å². The third-order valence-corrected chi connectivity index (χ3v) is 6.22. The van der Waals surface area contributed by atoms with E-state index in [2.05, 4.69) is 35.2 Å². The minimum Gasteiger partial charge on any atom is -0.459 e. The number of carbonyl (C=O) groups excluding carboxylic acids is 1. The predicted molar refractivity (Wildman–Crippen MR) is 130 cm³/mol. The van der Waals surface area contributed by atoms with Gasteiger partial charge in [0.05, 0.1) is 23.7 Å². The zero-order valence-corrected chi connectivity index (χ0v) is 19.7. The summed E-state index contributed by atoms with van der Waals surface area (Å²) in [6, 6.07) is 20.2. The van der Waals surface area contributed by atoms with Gasteiger partial charge in [-0.15, -0.1) is 0 Å². The van der Waals surface area contributed by atoms with Crippen molar-refractivity contribution in [1.82, 2.24) is 9.97 Å². The second kappa shape index (κ2) is 11.1. The second-order valence-corrected chi connectivity index (χ2v) is 8.81. The standard InChI is InChI=1S/C27H30N4O3/c1-19(18-33-2)34-27(32)22(17-28)25-26(30-24-11-7-6-10-23(24)29-25)31-14-12-21(13-15-31)16-20-8-4-3-5-9-20/h3-11,19,21-22H,12-16,18H2,1-2H3. The van der Waals surface area contributed by atoms with Crippen molar-refractivity contribution in [3.8, 4) is 6.07 Å². The van der Waals surface area contributed by atoms with E-state index in [1.807, 2.05) is 30.3 Å². The molecule has 3 aromatic rings. The molecule has 0 amide bonds. The van der Waals surface area contributed by atoms with Crippen LogP contribution in [0.2, 0.25) is 0 Å². The lowest BCUT2D eigenvalue weighted by molar-refractivity contribution is -0.150. The summed E-state index contributed by atoms with van der Waals surface area (Å²) in [6.07, 6.45) is 2.61. The van der Waals surface area contributed by atoms with Crippen molar-refractivity contribution in [2.75, 3.05) is 31.7 Å². The number of methoxy groups -OCH3 is 1. The molecule has 0 radical (unpaired) electrons. The molecule has 1 fully saturated rings. The number of benzene rings is 2. The van der Waals surface area contributed by atoms with E-state index in [1.165, 1.54) is 5.56 Å². The molecule has 2 unspecified atom stereocenters. The van der Waals surface area contributed by atoms with Crippen LogP contribution < -0.4 is 4.90 Å². The summed E-state index contributed by atoms with van der Waals surface area (Å²) < 4.78 is 10.5. The van der Waals surface area contributed by atoms with Crippen molar-refractivity contribution >= 4 is 22.8 Å². The largest absolute Gasteiger partial charge is 0.459 e. The third kappa shape index (κ3) is 5.52. The van der Waals surface area contributed by atoms with Gasteiger partial charge < -0.3 is 14.4 Å². The van der Waals surface area contributed by atoms with Crippen molar-refractivity contribution in [1.29, 1.82) is 5.26 Å². The Labute approximate surface area is 200 Å². The average Bonchev–Trinajstić information content (AvgIpc) is 2.85. The summed E-state index contributed by atoms with van der Waals surface area (Å²) in [4.78, 5) is 24.6. The van der Waals surface area contributed by atoms with Gasteiger partial charge in [-0.25, -0.2) is 9.97 Å². The third-order valence-electron chi connectivity index (χ3n) is 6.22. The van der Waals surface area contributed by atoms with Gasteiger partial charge in [0.2, 0.25) is 0 Å². The van der Waals surface area contributed by atoms with Gasteiger partial charge in [-0.2, -0.15) is 5.26 Å². The van der Waals surface area contributed by atoms with Gasteiger partial charge in [0.25, 0.3) is 0 Å². The number of ether oxygens (including phenoxy) is 2. The number of rotatable bonds is 8. The fraction of sp³-hybridized carbons (Fsp3) is 0.407. The molecule has 7 nitrogen and oxygen atoms in total. The van der Waals surface area contributed by atoms with Crippen molar-refractivity contribution in [3.63, 3.8) is 0 Å². The minimum atomic E-state index is -1.16. The Hall–Kier alpha value is -3.50. The summed E-state index contributed by atoms with van der Waals surface area (Å²) >= 11 is 0. The average molecular weight is 459 g/mol. The SMILES string of the molecule is COCC(C)OC(=O)C(C#N)c1nc2ccccc2nc1N1CCC(Cc2ccccc2)CC1. The maximum absolute atomic E-state index is 12.9. The van der Waals surface area contributed by atoms with Gasteiger partial charge in [-0.3, -0.25) is 4.79 Å². The van der Waals surface area contributed by atoms with Gasteiger partial charge in [0, 0.05) is 20.2 Å². The molecule has 176 valence electrons. The molecular formula is C27H30N4O3. The van der Waals surface area contributed by atoms with Gasteiger partial charge in [0.1, 0.15) is 11.8 Å². The van der Waals surface area contributed by atoms with E-state index < -0.39 is 18.0 Å². The van der Waals surface area contributed by atoms with E-state index in [9.17, 15) is 10.1 Å². The lowest BCUT2D eigenvalue weighted by atomic mass is 9.90. The monoisotopic (exact) mass is 458 g/mol. The number of fused-ring (bicyclic) bond motifs is 1. The van der Waals surface area contributed by atoms with Crippen LogP contribution in [0.1, 0.15) is 36.9 Å². The molecule has 0 saturated carbocycles. The van der Waals surface area contributed by atoms with Crippen LogP contribution in [-0.4, -0.2) is 48.8 Å². The fourth-order valence-electron chi connectivity index (χ4n) is 4.49. The summed E-state index contributed by atoms with van der Waals surface area (Å²) in [5.74, 6) is -0.604. The Balaban J connectivity index is 1.58. The zero-order valence-electron chi connectivity index (χ0n) is 19.7. The first-order valence-corrected chi connectivity index (χ1v) is 11.7. The Morgan fingerprint density at radius 2 is 1.74 bits per heavy atom. The number of hydrogen-bond donors (Lipinski definition) is 0. The van der Waals surface area contributed by atoms with Crippen molar-refractivity contribution in [3.05, 3.63) is 65.9 Å². The minimum absolute atomic E-state index is 0.259. The van der Waals surface area contributed by atoms with Gasteiger partial charge in [-0.05, 0) is 49.8 Å². The maximum atomic E-state index is 12.9. The highest BCUT2D eigenvalue weighted by Gasteiger charge is 2.32. The number of carbonyl (C=O) groups is 1. The zero-order chi connectivity index (χ0) is 23.9. The number of para-hydroxylation sites is 2.